The molecule has 1 aromatic rings. The van der Waals surface area contributed by atoms with Crippen molar-refractivity contribution in [3.05, 3.63) is 41.5 Å². The van der Waals surface area contributed by atoms with Crippen molar-refractivity contribution in [2.45, 2.75) is 71.5 Å². The lowest BCUT2D eigenvalue weighted by molar-refractivity contribution is -0.129. The van der Waals surface area contributed by atoms with E-state index in [1.54, 1.807) is 39.8 Å². The second-order valence-electron chi connectivity index (χ2n) is 8.40. The van der Waals surface area contributed by atoms with Gasteiger partial charge in [0.15, 0.2) is 6.10 Å². The molecule has 2 N–H and O–H groups in total. The number of rotatable bonds is 7. The van der Waals surface area contributed by atoms with Crippen molar-refractivity contribution in [1.82, 2.24) is 5.32 Å². The van der Waals surface area contributed by atoms with E-state index >= 15 is 0 Å². The maximum atomic E-state index is 12.3. The Balaban J connectivity index is 1.78. The van der Waals surface area contributed by atoms with Gasteiger partial charge in [-0.15, -0.1) is 0 Å². The van der Waals surface area contributed by atoms with E-state index in [2.05, 4.69) is 16.7 Å². The molecule has 0 saturated heterocycles. The molecule has 0 bridgehead atoms. The predicted octanol–water partition coefficient (Wildman–Crippen LogP) is 4.59. The average Bonchev–Trinajstić information content (AvgIpc) is 2.67. The Labute approximate surface area is 178 Å². The van der Waals surface area contributed by atoms with Gasteiger partial charge in [0.25, 0.3) is 5.91 Å². The van der Waals surface area contributed by atoms with Crippen LogP contribution in [0.5, 0.6) is 0 Å². The van der Waals surface area contributed by atoms with E-state index in [4.69, 9.17) is 9.47 Å². The minimum absolute atomic E-state index is 0.289. The third-order valence-electron chi connectivity index (χ3n) is 4.55. The summed E-state index contributed by atoms with van der Waals surface area (Å²) in [6.07, 6.45) is 6.27. The maximum Gasteiger partial charge on any atom is 0.412 e. The minimum atomic E-state index is -0.891. The molecule has 2 amide bonds. The summed E-state index contributed by atoms with van der Waals surface area (Å²) in [5.74, 6) is -0.917. The third-order valence-corrected chi connectivity index (χ3v) is 4.55. The van der Waals surface area contributed by atoms with E-state index in [0.29, 0.717) is 12.2 Å². The molecular formula is C23H32N2O5. The number of esters is 1. The summed E-state index contributed by atoms with van der Waals surface area (Å²) in [7, 11) is 0. The fraction of sp³-hybridized carbons (Fsp3) is 0.522. The van der Waals surface area contributed by atoms with Crippen LogP contribution in [0.25, 0.3) is 0 Å². The lowest BCUT2D eigenvalue weighted by Gasteiger charge is -2.19. The van der Waals surface area contributed by atoms with Crippen LogP contribution in [-0.4, -0.2) is 36.2 Å². The van der Waals surface area contributed by atoms with E-state index in [0.717, 1.165) is 19.3 Å². The van der Waals surface area contributed by atoms with Gasteiger partial charge < -0.3 is 14.8 Å². The van der Waals surface area contributed by atoms with E-state index in [-0.39, 0.29) is 11.5 Å². The fourth-order valence-corrected chi connectivity index (χ4v) is 3.01. The Bertz CT molecular complexity index is 778. The normalized spacial score (nSPS) is 14.9. The predicted molar refractivity (Wildman–Crippen MR) is 115 cm³/mol. The molecule has 0 aromatic heterocycles. The summed E-state index contributed by atoms with van der Waals surface area (Å²) in [5.41, 5.74) is 1.56. The van der Waals surface area contributed by atoms with Crippen molar-refractivity contribution < 1.29 is 23.9 Å². The summed E-state index contributed by atoms with van der Waals surface area (Å²) >= 11 is 0. The van der Waals surface area contributed by atoms with E-state index in [9.17, 15) is 14.4 Å². The van der Waals surface area contributed by atoms with Gasteiger partial charge >= 0.3 is 12.1 Å². The van der Waals surface area contributed by atoms with Crippen LogP contribution in [0.15, 0.2) is 35.9 Å². The van der Waals surface area contributed by atoms with E-state index in [1.807, 2.05) is 0 Å². The van der Waals surface area contributed by atoms with Crippen LogP contribution in [0.1, 0.15) is 70.2 Å². The van der Waals surface area contributed by atoms with Crippen molar-refractivity contribution in [2.24, 2.45) is 0 Å². The molecule has 0 spiro atoms. The molecule has 164 valence electrons. The highest BCUT2D eigenvalue weighted by atomic mass is 16.6. The first-order valence-electron chi connectivity index (χ1n) is 10.4. The van der Waals surface area contributed by atoms with Gasteiger partial charge in [-0.2, -0.15) is 0 Å². The lowest BCUT2D eigenvalue weighted by atomic mass is 9.97. The van der Waals surface area contributed by atoms with E-state index in [1.165, 1.54) is 30.5 Å². The molecular weight excluding hydrogens is 384 g/mol. The molecule has 1 aliphatic rings. The summed E-state index contributed by atoms with van der Waals surface area (Å²) < 4.78 is 10.4. The van der Waals surface area contributed by atoms with Crippen molar-refractivity contribution >= 4 is 23.7 Å². The van der Waals surface area contributed by atoms with Gasteiger partial charge in [0.1, 0.15) is 5.60 Å². The number of amides is 2. The molecule has 2 rings (SSSR count). The van der Waals surface area contributed by atoms with Crippen molar-refractivity contribution in [3.8, 4) is 0 Å². The second-order valence-corrected chi connectivity index (χ2v) is 8.40. The van der Waals surface area contributed by atoms with E-state index < -0.39 is 23.8 Å². The zero-order chi connectivity index (χ0) is 22.1. The monoisotopic (exact) mass is 416 g/mol. The van der Waals surface area contributed by atoms with Crippen molar-refractivity contribution in [2.75, 3.05) is 11.9 Å². The summed E-state index contributed by atoms with van der Waals surface area (Å²) in [6, 6.07) is 6.19. The summed E-state index contributed by atoms with van der Waals surface area (Å²) in [5, 5.41) is 5.41. The maximum absolute atomic E-state index is 12.3. The molecule has 30 heavy (non-hydrogen) atoms. The Hall–Kier alpha value is -2.83. The number of carbonyl (C=O) groups is 3. The first-order chi connectivity index (χ1) is 14.1. The smallest absolute Gasteiger partial charge is 0.412 e. The molecule has 0 heterocycles. The lowest BCUT2D eigenvalue weighted by Crippen LogP contribution is -2.36. The Morgan fingerprint density at radius 3 is 2.40 bits per heavy atom. The first kappa shape index (κ1) is 23.4. The van der Waals surface area contributed by atoms with Gasteiger partial charge in [-0.05, 0) is 84.1 Å². The van der Waals surface area contributed by atoms with Crippen molar-refractivity contribution in [3.63, 3.8) is 0 Å². The summed E-state index contributed by atoms with van der Waals surface area (Å²) in [6.45, 7) is 7.41. The number of ether oxygens (including phenoxy) is 2. The highest BCUT2D eigenvalue weighted by Crippen LogP contribution is 2.19. The minimum Gasteiger partial charge on any atom is -0.449 e. The quantitative estimate of drug-likeness (QED) is 0.501. The number of hydrogen-bond donors (Lipinski definition) is 2. The summed E-state index contributed by atoms with van der Waals surface area (Å²) in [4.78, 5) is 36.2. The second kappa shape index (κ2) is 10.8. The van der Waals surface area contributed by atoms with Crippen molar-refractivity contribution in [1.29, 1.82) is 0 Å². The highest BCUT2D eigenvalue weighted by Gasteiger charge is 2.19. The van der Waals surface area contributed by atoms with Gasteiger partial charge in [0.2, 0.25) is 0 Å². The van der Waals surface area contributed by atoms with Crippen LogP contribution in [0.3, 0.4) is 0 Å². The number of anilines is 1. The zero-order valence-corrected chi connectivity index (χ0v) is 18.2. The molecule has 1 atom stereocenters. The number of carbonyl (C=O) groups excluding carboxylic acids is 3. The van der Waals surface area contributed by atoms with Crippen LogP contribution < -0.4 is 10.6 Å². The molecule has 1 aromatic carbocycles. The van der Waals surface area contributed by atoms with Gasteiger partial charge in [0, 0.05) is 12.2 Å². The molecule has 0 radical (unpaired) electrons. The standard InChI is InChI=1S/C23H32N2O5/c1-16(20(26)24-15-14-17-8-6-5-7-9-17)29-21(27)18-10-12-19(13-11-18)25-22(28)30-23(2,3)4/h8,10-13,16H,5-7,9,14-15H2,1-4H3,(H,24,26)(H,25,28)/t16-/m0/s1. The van der Waals surface area contributed by atoms with Crippen LogP contribution >= 0.6 is 0 Å². The van der Waals surface area contributed by atoms with Gasteiger partial charge in [0.05, 0.1) is 5.56 Å². The number of hydrogen-bond acceptors (Lipinski definition) is 5. The Kier molecular flexibility index (Phi) is 8.45. The van der Waals surface area contributed by atoms with Gasteiger partial charge in [-0.3, -0.25) is 10.1 Å². The van der Waals surface area contributed by atoms with Crippen LogP contribution in [0.4, 0.5) is 10.5 Å². The molecule has 7 heteroatoms. The van der Waals surface area contributed by atoms with Gasteiger partial charge in [-0.1, -0.05) is 11.6 Å². The molecule has 0 saturated carbocycles. The topological polar surface area (TPSA) is 93.7 Å². The average molecular weight is 417 g/mol. The third kappa shape index (κ3) is 8.27. The largest absolute Gasteiger partial charge is 0.449 e. The fourth-order valence-electron chi connectivity index (χ4n) is 3.01. The number of benzene rings is 1. The SMILES string of the molecule is C[C@H](OC(=O)c1ccc(NC(=O)OC(C)(C)C)cc1)C(=O)NCCC1=CCCCC1. The molecule has 0 fully saturated rings. The Morgan fingerprint density at radius 2 is 1.80 bits per heavy atom. The molecule has 0 aliphatic heterocycles. The Morgan fingerprint density at radius 1 is 1.10 bits per heavy atom. The molecule has 7 nitrogen and oxygen atoms in total. The number of nitrogens with one attached hydrogen (secondary N) is 2. The van der Waals surface area contributed by atoms with Crippen LogP contribution in [0.2, 0.25) is 0 Å². The molecule has 0 unspecified atom stereocenters. The van der Waals surface area contributed by atoms with Gasteiger partial charge in [-0.25, -0.2) is 9.59 Å². The molecule has 1 aliphatic carbocycles. The van der Waals surface area contributed by atoms with Crippen LogP contribution in [-0.2, 0) is 14.3 Å². The van der Waals surface area contributed by atoms with Crippen LogP contribution in [0, 0.1) is 0 Å². The number of allylic oxidation sites excluding steroid dienone is 1. The highest BCUT2D eigenvalue weighted by molar-refractivity contribution is 5.93. The first-order valence-corrected chi connectivity index (χ1v) is 10.4. The zero-order valence-electron chi connectivity index (χ0n) is 18.2.